The molecule has 72 valence electrons. The van der Waals surface area contributed by atoms with Crippen molar-refractivity contribution in [1.82, 2.24) is 9.97 Å². The highest BCUT2D eigenvalue weighted by atomic mass is 35.5. The minimum atomic E-state index is 0.0898. The predicted molar refractivity (Wildman–Crippen MR) is 55.0 cm³/mol. The van der Waals surface area contributed by atoms with Crippen LogP contribution in [0.5, 0.6) is 0 Å². The van der Waals surface area contributed by atoms with Crippen molar-refractivity contribution in [2.75, 3.05) is 5.32 Å². The van der Waals surface area contributed by atoms with E-state index in [4.69, 9.17) is 11.6 Å². The van der Waals surface area contributed by atoms with Gasteiger partial charge in [-0.15, -0.1) is 11.6 Å². The van der Waals surface area contributed by atoms with Crippen molar-refractivity contribution >= 4 is 17.4 Å². The third-order valence-electron chi connectivity index (χ3n) is 1.89. The van der Waals surface area contributed by atoms with Gasteiger partial charge in [-0.05, 0) is 13.3 Å². The number of rotatable bonds is 4. The Labute approximate surface area is 83.5 Å². The predicted octanol–water partition coefficient (Wildman–Crippen LogP) is 2.29. The van der Waals surface area contributed by atoms with Crippen LogP contribution < -0.4 is 5.32 Å². The number of halogens is 1. The van der Waals surface area contributed by atoms with E-state index < -0.39 is 0 Å². The van der Waals surface area contributed by atoms with E-state index in [-0.39, 0.29) is 11.4 Å². The first-order valence-electron chi connectivity index (χ1n) is 4.40. The molecule has 0 aromatic carbocycles. The van der Waals surface area contributed by atoms with E-state index >= 15 is 0 Å². The molecule has 0 bridgehead atoms. The normalized spacial score (nSPS) is 15.0. The molecular formula is C9H14ClN3. The van der Waals surface area contributed by atoms with Gasteiger partial charge < -0.3 is 5.32 Å². The van der Waals surface area contributed by atoms with E-state index in [0.29, 0.717) is 0 Å². The number of anilines is 1. The topological polar surface area (TPSA) is 37.8 Å². The number of hydrogen-bond donors (Lipinski definition) is 1. The molecule has 13 heavy (non-hydrogen) atoms. The van der Waals surface area contributed by atoms with Gasteiger partial charge in [0.15, 0.2) is 0 Å². The summed E-state index contributed by atoms with van der Waals surface area (Å²) in [4.78, 5) is 8.08. The van der Waals surface area contributed by atoms with E-state index in [9.17, 15) is 0 Å². The van der Waals surface area contributed by atoms with Gasteiger partial charge in [0.2, 0.25) is 0 Å². The Morgan fingerprint density at radius 1 is 1.54 bits per heavy atom. The summed E-state index contributed by atoms with van der Waals surface area (Å²) in [5.74, 6) is 0.779. The lowest BCUT2D eigenvalue weighted by molar-refractivity contribution is 0.675. The summed E-state index contributed by atoms with van der Waals surface area (Å²) in [6.07, 6.45) is 5.98. The summed E-state index contributed by atoms with van der Waals surface area (Å²) in [6, 6.07) is 0.248. The highest BCUT2D eigenvalue weighted by Gasteiger charge is 2.12. The largest absolute Gasteiger partial charge is 0.365 e. The molecule has 2 atom stereocenters. The number of nitrogens with one attached hydrogen (secondary N) is 1. The van der Waals surface area contributed by atoms with Crippen molar-refractivity contribution in [2.45, 2.75) is 31.7 Å². The van der Waals surface area contributed by atoms with Crippen LogP contribution >= 0.6 is 11.6 Å². The Bertz CT molecular complexity index is 238. The monoisotopic (exact) mass is 199 g/mol. The van der Waals surface area contributed by atoms with Crippen LogP contribution in [0.3, 0.4) is 0 Å². The Hall–Kier alpha value is -0.830. The second-order valence-electron chi connectivity index (χ2n) is 2.93. The lowest BCUT2D eigenvalue weighted by Crippen LogP contribution is -2.27. The van der Waals surface area contributed by atoms with Crippen LogP contribution in [-0.4, -0.2) is 21.4 Å². The first-order valence-corrected chi connectivity index (χ1v) is 4.84. The maximum atomic E-state index is 5.98. The fourth-order valence-electron chi connectivity index (χ4n) is 1.11. The molecule has 4 heteroatoms. The molecule has 0 fully saturated rings. The van der Waals surface area contributed by atoms with Gasteiger partial charge >= 0.3 is 0 Å². The zero-order chi connectivity index (χ0) is 9.68. The summed E-state index contributed by atoms with van der Waals surface area (Å²) in [5.41, 5.74) is 0. The van der Waals surface area contributed by atoms with Gasteiger partial charge in [-0.3, -0.25) is 4.98 Å². The van der Waals surface area contributed by atoms with Crippen molar-refractivity contribution in [3.8, 4) is 0 Å². The molecule has 1 aromatic rings. The molecule has 0 aliphatic rings. The number of alkyl halides is 1. The zero-order valence-electron chi connectivity index (χ0n) is 7.87. The van der Waals surface area contributed by atoms with Gasteiger partial charge in [0.25, 0.3) is 0 Å². The average Bonchev–Trinajstić information content (AvgIpc) is 2.15. The van der Waals surface area contributed by atoms with E-state index in [0.717, 1.165) is 12.2 Å². The fraction of sp³-hybridized carbons (Fsp3) is 0.556. The number of aromatic nitrogens is 2. The average molecular weight is 200 g/mol. The summed E-state index contributed by atoms with van der Waals surface area (Å²) in [5, 5.41) is 3.31. The van der Waals surface area contributed by atoms with Gasteiger partial charge in [0.1, 0.15) is 5.82 Å². The van der Waals surface area contributed by atoms with Gasteiger partial charge in [-0.2, -0.15) is 0 Å². The summed E-state index contributed by atoms with van der Waals surface area (Å²) in [7, 11) is 0. The smallest absolute Gasteiger partial charge is 0.144 e. The standard InChI is InChI=1S/C9H14ClN3/c1-3-8(7(2)10)13-9-6-11-4-5-12-9/h4-8H,3H2,1-2H3,(H,12,13). The third kappa shape index (κ3) is 3.19. The van der Waals surface area contributed by atoms with Gasteiger partial charge in [-0.1, -0.05) is 6.92 Å². The summed E-state index contributed by atoms with van der Waals surface area (Å²) < 4.78 is 0. The van der Waals surface area contributed by atoms with E-state index in [1.54, 1.807) is 18.6 Å². The van der Waals surface area contributed by atoms with Crippen LogP contribution in [-0.2, 0) is 0 Å². The van der Waals surface area contributed by atoms with Crippen molar-refractivity contribution in [1.29, 1.82) is 0 Å². The highest BCUT2D eigenvalue weighted by Crippen LogP contribution is 2.11. The van der Waals surface area contributed by atoms with Gasteiger partial charge in [0, 0.05) is 18.4 Å². The molecule has 0 aliphatic heterocycles. The number of nitrogens with zero attached hydrogens (tertiary/aromatic N) is 2. The highest BCUT2D eigenvalue weighted by molar-refractivity contribution is 6.21. The molecule has 2 unspecified atom stereocenters. The van der Waals surface area contributed by atoms with Crippen LogP contribution in [0.2, 0.25) is 0 Å². The molecule has 0 saturated heterocycles. The molecule has 1 N–H and O–H groups in total. The molecule has 1 heterocycles. The molecule has 0 amide bonds. The van der Waals surface area contributed by atoms with Crippen molar-refractivity contribution in [2.24, 2.45) is 0 Å². The molecule has 0 spiro atoms. The SMILES string of the molecule is CCC(Nc1cnccn1)C(C)Cl. The van der Waals surface area contributed by atoms with Crippen molar-refractivity contribution in [3.63, 3.8) is 0 Å². The minimum Gasteiger partial charge on any atom is -0.365 e. The zero-order valence-corrected chi connectivity index (χ0v) is 8.62. The molecule has 0 aliphatic carbocycles. The quantitative estimate of drug-likeness (QED) is 0.757. The molecular weight excluding hydrogens is 186 g/mol. The molecule has 0 saturated carbocycles. The molecule has 1 aromatic heterocycles. The minimum absolute atomic E-state index is 0.0898. The van der Waals surface area contributed by atoms with Gasteiger partial charge in [-0.25, -0.2) is 4.98 Å². The molecule has 3 nitrogen and oxygen atoms in total. The van der Waals surface area contributed by atoms with E-state index in [2.05, 4.69) is 22.2 Å². The first kappa shape index (κ1) is 10.3. The third-order valence-corrected chi connectivity index (χ3v) is 2.19. The maximum Gasteiger partial charge on any atom is 0.144 e. The lowest BCUT2D eigenvalue weighted by atomic mass is 10.2. The van der Waals surface area contributed by atoms with Crippen LogP contribution in [0, 0.1) is 0 Å². The van der Waals surface area contributed by atoms with Crippen LogP contribution in [0.25, 0.3) is 0 Å². The number of hydrogen-bond acceptors (Lipinski definition) is 3. The lowest BCUT2D eigenvalue weighted by Gasteiger charge is -2.19. The Morgan fingerprint density at radius 3 is 2.77 bits per heavy atom. The second-order valence-corrected chi connectivity index (χ2v) is 3.62. The second kappa shape index (κ2) is 5.02. The Balaban J connectivity index is 2.57. The fourth-order valence-corrected chi connectivity index (χ4v) is 1.35. The molecule has 0 radical (unpaired) electrons. The van der Waals surface area contributed by atoms with Crippen LogP contribution in [0.15, 0.2) is 18.6 Å². The van der Waals surface area contributed by atoms with Crippen molar-refractivity contribution in [3.05, 3.63) is 18.6 Å². The Morgan fingerprint density at radius 2 is 2.31 bits per heavy atom. The van der Waals surface area contributed by atoms with Gasteiger partial charge in [0.05, 0.1) is 11.6 Å². The van der Waals surface area contributed by atoms with E-state index in [1.165, 1.54) is 0 Å². The summed E-state index contributed by atoms with van der Waals surface area (Å²) >= 11 is 5.98. The molecule has 1 rings (SSSR count). The van der Waals surface area contributed by atoms with Crippen LogP contribution in [0.4, 0.5) is 5.82 Å². The van der Waals surface area contributed by atoms with Crippen LogP contribution in [0.1, 0.15) is 20.3 Å². The van der Waals surface area contributed by atoms with E-state index in [1.807, 2.05) is 6.92 Å². The van der Waals surface area contributed by atoms with Crippen molar-refractivity contribution < 1.29 is 0 Å². The summed E-state index contributed by atoms with van der Waals surface area (Å²) in [6.45, 7) is 4.06. The maximum absolute atomic E-state index is 5.98. The first-order chi connectivity index (χ1) is 6.24. The Kier molecular flexibility index (Phi) is 3.96.